The Morgan fingerprint density at radius 3 is 2.58 bits per heavy atom. The second kappa shape index (κ2) is 8.09. The van der Waals surface area contributed by atoms with E-state index >= 15 is 0 Å². The van der Waals surface area contributed by atoms with E-state index in [1.807, 2.05) is 49.5 Å². The number of thioether (sulfide) groups is 1. The molecule has 122 valence electrons. The molecule has 7 heteroatoms. The second-order valence-corrected chi connectivity index (χ2v) is 7.74. The lowest BCUT2D eigenvalue weighted by Crippen LogP contribution is -1.96. The summed E-state index contributed by atoms with van der Waals surface area (Å²) in [5.41, 5.74) is 2.24. The molecule has 2 aromatic carbocycles. The summed E-state index contributed by atoms with van der Waals surface area (Å²) in [5.74, 6) is 1.58. The highest BCUT2D eigenvalue weighted by Crippen LogP contribution is 2.23. The molecule has 3 rings (SSSR count). The van der Waals surface area contributed by atoms with Crippen LogP contribution in [0, 0.1) is 6.92 Å². The van der Waals surface area contributed by atoms with Gasteiger partial charge in [-0.1, -0.05) is 74.0 Å². The van der Waals surface area contributed by atoms with Crippen molar-refractivity contribution >= 4 is 49.8 Å². The maximum absolute atomic E-state index is 4.53. The Hall–Kier alpha value is -1.44. The monoisotopic (exact) mass is 464 g/mol. The number of benzene rings is 2. The van der Waals surface area contributed by atoms with E-state index in [4.69, 9.17) is 0 Å². The van der Waals surface area contributed by atoms with Crippen molar-refractivity contribution in [3.8, 4) is 0 Å². The molecular weight excluding hydrogens is 452 g/mol. The van der Waals surface area contributed by atoms with Gasteiger partial charge in [0.1, 0.15) is 0 Å². The van der Waals surface area contributed by atoms with Gasteiger partial charge in [-0.15, -0.1) is 10.2 Å². The van der Waals surface area contributed by atoms with Gasteiger partial charge in [0.25, 0.3) is 0 Å². The Morgan fingerprint density at radius 2 is 1.83 bits per heavy atom. The summed E-state index contributed by atoms with van der Waals surface area (Å²) in [6, 6.07) is 16.2. The number of nitrogens with zero attached hydrogens (tertiary/aromatic N) is 4. The van der Waals surface area contributed by atoms with Gasteiger partial charge >= 0.3 is 0 Å². The van der Waals surface area contributed by atoms with Crippen LogP contribution in [-0.2, 0) is 5.75 Å². The summed E-state index contributed by atoms with van der Waals surface area (Å²) in [7, 11) is 0. The molecule has 0 N–H and O–H groups in total. The second-order valence-electron chi connectivity index (χ2n) is 5.02. The number of halogens is 2. The third-order valence-electron chi connectivity index (χ3n) is 3.27. The van der Waals surface area contributed by atoms with E-state index in [0.29, 0.717) is 0 Å². The minimum absolute atomic E-state index is 0.761. The van der Waals surface area contributed by atoms with Crippen molar-refractivity contribution in [2.45, 2.75) is 17.8 Å². The quantitative estimate of drug-likeness (QED) is 0.380. The Morgan fingerprint density at radius 1 is 1.08 bits per heavy atom. The highest BCUT2D eigenvalue weighted by atomic mass is 79.9. The van der Waals surface area contributed by atoms with E-state index in [0.717, 1.165) is 31.2 Å². The van der Waals surface area contributed by atoms with Crippen molar-refractivity contribution in [3.63, 3.8) is 0 Å². The van der Waals surface area contributed by atoms with E-state index in [-0.39, 0.29) is 0 Å². The molecule has 0 aliphatic rings. The molecule has 0 aliphatic heterocycles. The van der Waals surface area contributed by atoms with E-state index in [9.17, 15) is 0 Å². The molecule has 0 spiro atoms. The molecule has 1 aromatic heterocycles. The van der Waals surface area contributed by atoms with Gasteiger partial charge in [0.15, 0.2) is 5.82 Å². The maximum atomic E-state index is 4.53. The van der Waals surface area contributed by atoms with Gasteiger partial charge in [-0.2, -0.15) is 9.78 Å². The predicted octanol–water partition coefficient (Wildman–Crippen LogP) is 5.29. The third kappa shape index (κ3) is 4.34. The molecule has 3 aromatic rings. The molecule has 0 unspecified atom stereocenters. The van der Waals surface area contributed by atoms with Gasteiger partial charge < -0.3 is 0 Å². The first-order valence-corrected chi connectivity index (χ1v) is 9.79. The SMILES string of the molecule is Cc1nnc(SCc2ccc(Br)cc2)n1/N=C/c1ccccc1Br. The molecular formula is C17H14Br2N4S. The molecule has 0 amide bonds. The van der Waals surface area contributed by atoms with Gasteiger partial charge in [0.2, 0.25) is 5.16 Å². The summed E-state index contributed by atoms with van der Waals surface area (Å²) in [4.78, 5) is 0. The van der Waals surface area contributed by atoms with Gasteiger partial charge in [0, 0.05) is 20.3 Å². The number of hydrogen-bond donors (Lipinski definition) is 0. The number of aromatic nitrogens is 3. The van der Waals surface area contributed by atoms with E-state index in [1.54, 1.807) is 16.4 Å². The lowest BCUT2D eigenvalue weighted by molar-refractivity contribution is 0.744. The summed E-state index contributed by atoms with van der Waals surface area (Å²) in [6.45, 7) is 1.90. The van der Waals surface area contributed by atoms with Crippen LogP contribution in [0.5, 0.6) is 0 Å². The first-order chi connectivity index (χ1) is 11.6. The number of rotatable bonds is 5. The average molecular weight is 466 g/mol. The Kier molecular flexibility index (Phi) is 5.86. The van der Waals surface area contributed by atoms with Crippen LogP contribution in [0.2, 0.25) is 0 Å². The predicted molar refractivity (Wildman–Crippen MR) is 106 cm³/mol. The molecule has 0 saturated carbocycles. The molecule has 0 aliphatic carbocycles. The minimum Gasteiger partial charge on any atom is -0.192 e. The van der Waals surface area contributed by atoms with Crippen molar-refractivity contribution in [1.82, 2.24) is 14.9 Å². The van der Waals surface area contributed by atoms with Gasteiger partial charge in [-0.3, -0.25) is 0 Å². The van der Waals surface area contributed by atoms with Crippen molar-refractivity contribution < 1.29 is 0 Å². The van der Waals surface area contributed by atoms with E-state index < -0.39 is 0 Å². The number of aryl methyl sites for hydroxylation is 1. The largest absolute Gasteiger partial charge is 0.212 e. The van der Waals surface area contributed by atoms with Crippen LogP contribution < -0.4 is 0 Å². The van der Waals surface area contributed by atoms with Crippen LogP contribution in [0.4, 0.5) is 0 Å². The minimum atomic E-state index is 0.761. The highest BCUT2D eigenvalue weighted by molar-refractivity contribution is 9.10. The standard InChI is InChI=1S/C17H14Br2N4S/c1-12-21-22-17(24-11-13-6-8-15(18)9-7-13)23(12)20-10-14-4-2-3-5-16(14)19/h2-10H,11H2,1H3/b20-10+. The lowest BCUT2D eigenvalue weighted by Gasteiger charge is -2.03. The highest BCUT2D eigenvalue weighted by Gasteiger charge is 2.09. The van der Waals surface area contributed by atoms with E-state index in [1.165, 1.54) is 5.56 Å². The summed E-state index contributed by atoms with van der Waals surface area (Å²) >= 11 is 8.59. The fourth-order valence-electron chi connectivity index (χ4n) is 1.99. The molecule has 0 fully saturated rings. The average Bonchev–Trinajstić information content (AvgIpc) is 2.94. The lowest BCUT2D eigenvalue weighted by atomic mass is 10.2. The van der Waals surface area contributed by atoms with Crippen LogP contribution in [0.25, 0.3) is 0 Å². The zero-order chi connectivity index (χ0) is 16.9. The van der Waals surface area contributed by atoms with Crippen molar-refractivity contribution in [2.75, 3.05) is 0 Å². The fourth-order valence-corrected chi connectivity index (χ4v) is 3.53. The van der Waals surface area contributed by atoms with Gasteiger partial charge in [-0.25, -0.2) is 0 Å². The van der Waals surface area contributed by atoms with E-state index in [2.05, 4.69) is 59.3 Å². The van der Waals surface area contributed by atoms with Gasteiger partial charge in [-0.05, 0) is 30.7 Å². The zero-order valence-corrected chi connectivity index (χ0v) is 16.8. The van der Waals surface area contributed by atoms with Crippen molar-refractivity contribution in [1.29, 1.82) is 0 Å². The van der Waals surface area contributed by atoms with Crippen LogP contribution in [-0.4, -0.2) is 21.1 Å². The first-order valence-electron chi connectivity index (χ1n) is 7.21. The first kappa shape index (κ1) is 17.4. The van der Waals surface area contributed by atoms with Crippen LogP contribution >= 0.6 is 43.6 Å². The Bertz CT molecular complexity index is 859. The summed E-state index contributed by atoms with van der Waals surface area (Å²) in [5, 5.41) is 13.7. The molecule has 0 bridgehead atoms. The van der Waals surface area contributed by atoms with Crippen molar-refractivity contribution in [2.24, 2.45) is 5.10 Å². The normalized spacial score (nSPS) is 11.3. The summed E-state index contributed by atoms with van der Waals surface area (Å²) < 4.78 is 3.85. The van der Waals surface area contributed by atoms with Gasteiger partial charge in [0.05, 0.1) is 6.21 Å². The molecule has 0 radical (unpaired) electrons. The fraction of sp³-hybridized carbons (Fsp3) is 0.118. The maximum Gasteiger partial charge on any atom is 0.212 e. The van der Waals surface area contributed by atoms with Crippen molar-refractivity contribution in [3.05, 3.63) is 74.4 Å². The summed E-state index contributed by atoms with van der Waals surface area (Å²) in [6.07, 6.45) is 1.81. The smallest absolute Gasteiger partial charge is 0.192 e. The van der Waals surface area contributed by atoms with Crippen LogP contribution in [0.3, 0.4) is 0 Å². The Labute approximate surface area is 161 Å². The molecule has 24 heavy (non-hydrogen) atoms. The zero-order valence-electron chi connectivity index (χ0n) is 12.9. The molecule has 0 saturated heterocycles. The van der Waals surface area contributed by atoms with Crippen LogP contribution in [0.1, 0.15) is 17.0 Å². The Balaban J connectivity index is 1.76. The molecule has 4 nitrogen and oxygen atoms in total. The molecule has 1 heterocycles. The molecule has 0 atom stereocenters. The third-order valence-corrected chi connectivity index (χ3v) is 5.51. The number of hydrogen-bond acceptors (Lipinski definition) is 4. The topological polar surface area (TPSA) is 43.1 Å². The van der Waals surface area contributed by atoms with Crippen LogP contribution in [0.15, 0.2) is 67.7 Å².